The zero-order valence-electron chi connectivity index (χ0n) is 17.0. The molecule has 28 heavy (non-hydrogen) atoms. The van der Waals surface area contributed by atoms with Crippen LogP contribution >= 0.6 is 0 Å². The van der Waals surface area contributed by atoms with Gasteiger partial charge in [-0.15, -0.1) is 0 Å². The van der Waals surface area contributed by atoms with Crippen molar-refractivity contribution >= 4 is 34.7 Å². The van der Waals surface area contributed by atoms with Crippen LogP contribution in [-0.2, 0) is 15.7 Å². The van der Waals surface area contributed by atoms with Gasteiger partial charge in [-0.1, -0.05) is 48.5 Å². The molecule has 2 heterocycles. The summed E-state index contributed by atoms with van der Waals surface area (Å²) in [6.07, 6.45) is 1.03. The first-order valence-electron chi connectivity index (χ1n) is 10.1. The highest BCUT2D eigenvalue weighted by molar-refractivity contribution is 6.65. The van der Waals surface area contributed by atoms with E-state index in [1.54, 1.807) is 0 Å². The van der Waals surface area contributed by atoms with E-state index in [4.69, 9.17) is 9.31 Å². The van der Waals surface area contributed by atoms with E-state index in [-0.39, 0.29) is 18.3 Å². The topological polar surface area (TPSA) is 21.7 Å². The third kappa shape index (κ3) is 2.59. The summed E-state index contributed by atoms with van der Waals surface area (Å²) >= 11 is 0. The van der Waals surface area contributed by atoms with Crippen LogP contribution in [0.5, 0.6) is 0 Å². The number of hydrogen-bond donors (Lipinski definition) is 0. The van der Waals surface area contributed by atoms with Gasteiger partial charge in [-0.3, -0.25) is 0 Å². The Kier molecular flexibility index (Phi) is 3.87. The van der Waals surface area contributed by atoms with Gasteiger partial charge in [0.1, 0.15) is 0 Å². The fourth-order valence-electron chi connectivity index (χ4n) is 4.33. The van der Waals surface area contributed by atoms with Crippen LogP contribution < -0.4 is 10.4 Å². The van der Waals surface area contributed by atoms with Crippen LogP contribution in [0.2, 0.25) is 0 Å². The Morgan fingerprint density at radius 1 is 0.821 bits per heavy atom. The summed E-state index contributed by atoms with van der Waals surface area (Å²) < 4.78 is 12.8. The number of hydrogen-bond acceptors (Lipinski definition) is 3. The second-order valence-corrected chi connectivity index (χ2v) is 8.84. The van der Waals surface area contributed by atoms with Crippen LogP contribution in [-0.4, -0.2) is 24.9 Å². The monoisotopic (exact) mass is 371 g/mol. The smallest absolute Gasteiger partial charge is 0.399 e. The molecule has 2 aliphatic rings. The summed E-state index contributed by atoms with van der Waals surface area (Å²) in [5.74, 6) is 0. The SMILES string of the molecule is CC1(C)OB(c2cc3c(c4ccccc24)N(c2ccccc2)CC3)OC1(C)C. The van der Waals surface area contributed by atoms with Crippen molar-refractivity contribution in [2.24, 2.45) is 0 Å². The molecule has 142 valence electrons. The van der Waals surface area contributed by atoms with Gasteiger partial charge in [0.05, 0.1) is 16.9 Å². The maximum atomic E-state index is 6.39. The predicted molar refractivity (Wildman–Crippen MR) is 117 cm³/mol. The van der Waals surface area contributed by atoms with Gasteiger partial charge in [-0.2, -0.15) is 0 Å². The molecule has 0 N–H and O–H groups in total. The second-order valence-electron chi connectivity index (χ2n) is 8.84. The van der Waals surface area contributed by atoms with Crippen molar-refractivity contribution in [1.29, 1.82) is 0 Å². The van der Waals surface area contributed by atoms with E-state index in [1.165, 1.54) is 27.7 Å². The molecule has 4 heteroatoms. The number of fused-ring (bicyclic) bond motifs is 3. The molecule has 0 unspecified atom stereocenters. The molecule has 0 atom stereocenters. The number of rotatable bonds is 2. The van der Waals surface area contributed by atoms with E-state index in [0.29, 0.717) is 0 Å². The number of benzene rings is 3. The summed E-state index contributed by atoms with van der Waals surface area (Å²) in [5, 5.41) is 2.48. The molecule has 3 nitrogen and oxygen atoms in total. The lowest BCUT2D eigenvalue weighted by Crippen LogP contribution is -2.41. The number of anilines is 2. The van der Waals surface area contributed by atoms with Crippen molar-refractivity contribution < 1.29 is 9.31 Å². The molecule has 0 spiro atoms. The van der Waals surface area contributed by atoms with Crippen molar-refractivity contribution in [2.75, 3.05) is 11.4 Å². The largest absolute Gasteiger partial charge is 0.495 e. The Bertz CT molecular complexity index is 1030. The number of para-hydroxylation sites is 1. The minimum Gasteiger partial charge on any atom is -0.399 e. The normalized spacial score (nSPS) is 20.0. The lowest BCUT2D eigenvalue weighted by Gasteiger charge is -2.32. The standard InChI is InChI=1S/C24H26BNO2/c1-23(2)24(3,4)28-25(27-23)21-16-17-14-15-26(18-10-6-5-7-11-18)22(17)20-13-9-8-12-19(20)21/h5-13,16H,14-15H2,1-4H3. The van der Waals surface area contributed by atoms with Crippen molar-refractivity contribution in [3.05, 3.63) is 66.2 Å². The fourth-order valence-corrected chi connectivity index (χ4v) is 4.33. The molecule has 3 aromatic rings. The second kappa shape index (κ2) is 6.10. The van der Waals surface area contributed by atoms with Gasteiger partial charge < -0.3 is 14.2 Å². The Morgan fingerprint density at radius 3 is 2.11 bits per heavy atom. The van der Waals surface area contributed by atoms with E-state index < -0.39 is 0 Å². The van der Waals surface area contributed by atoms with Gasteiger partial charge >= 0.3 is 7.12 Å². The third-order valence-electron chi connectivity index (χ3n) is 6.58. The molecule has 2 aliphatic heterocycles. The van der Waals surface area contributed by atoms with E-state index >= 15 is 0 Å². The van der Waals surface area contributed by atoms with Crippen LogP contribution in [0.3, 0.4) is 0 Å². The van der Waals surface area contributed by atoms with Crippen molar-refractivity contribution in [3.63, 3.8) is 0 Å². The molecule has 0 radical (unpaired) electrons. The van der Waals surface area contributed by atoms with E-state index in [1.807, 2.05) is 0 Å². The summed E-state index contributed by atoms with van der Waals surface area (Å²) in [7, 11) is -0.342. The van der Waals surface area contributed by atoms with Gasteiger partial charge in [0.15, 0.2) is 0 Å². The van der Waals surface area contributed by atoms with E-state index in [9.17, 15) is 0 Å². The fraction of sp³-hybridized carbons (Fsp3) is 0.333. The first-order chi connectivity index (χ1) is 13.4. The number of nitrogens with zero attached hydrogens (tertiary/aromatic N) is 1. The molecule has 1 fully saturated rings. The molecule has 0 aromatic heterocycles. The molecule has 0 bridgehead atoms. The zero-order chi connectivity index (χ0) is 19.5. The van der Waals surface area contributed by atoms with Crippen LogP contribution in [0.25, 0.3) is 10.8 Å². The molecule has 1 saturated heterocycles. The van der Waals surface area contributed by atoms with Crippen molar-refractivity contribution in [3.8, 4) is 0 Å². The summed E-state index contributed by atoms with van der Waals surface area (Å²) in [4.78, 5) is 2.44. The Hall–Kier alpha value is -2.30. The molecule has 0 saturated carbocycles. The first-order valence-corrected chi connectivity index (χ1v) is 10.1. The summed E-state index contributed by atoms with van der Waals surface area (Å²) in [6.45, 7) is 9.44. The van der Waals surface area contributed by atoms with Gasteiger partial charge in [-0.05, 0) is 62.7 Å². The zero-order valence-corrected chi connectivity index (χ0v) is 17.0. The Morgan fingerprint density at radius 2 is 1.43 bits per heavy atom. The predicted octanol–water partition coefficient (Wildman–Crippen LogP) is 4.83. The molecule has 5 rings (SSSR count). The highest BCUT2D eigenvalue weighted by Gasteiger charge is 2.52. The maximum Gasteiger partial charge on any atom is 0.495 e. The average molecular weight is 371 g/mol. The van der Waals surface area contributed by atoms with Gasteiger partial charge in [0.25, 0.3) is 0 Å². The average Bonchev–Trinajstić information content (AvgIpc) is 3.20. The summed E-state index contributed by atoms with van der Waals surface area (Å²) in [5.41, 5.74) is 4.40. The van der Waals surface area contributed by atoms with Crippen molar-refractivity contribution in [1.82, 2.24) is 0 Å². The minimum absolute atomic E-state index is 0.339. The molecule has 0 amide bonds. The minimum atomic E-state index is -0.342. The summed E-state index contributed by atoms with van der Waals surface area (Å²) in [6, 6.07) is 21.6. The molecular formula is C24H26BNO2. The molecule has 0 aliphatic carbocycles. The van der Waals surface area contributed by atoms with Crippen molar-refractivity contribution in [2.45, 2.75) is 45.3 Å². The van der Waals surface area contributed by atoms with Gasteiger partial charge in [0.2, 0.25) is 0 Å². The Labute approximate surface area is 167 Å². The van der Waals surface area contributed by atoms with Gasteiger partial charge in [0, 0.05) is 17.6 Å². The van der Waals surface area contributed by atoms with E-state index in [0.717, 1.165) is 18.4 Å². The first kappa shape index (κ1) is 17.8. The van der Waals surface area contributed by atoms with E-state index in [2.05, 4.69) is 93.3 Å². The third-order valence-corrected chi connectivity index (χ3v) is 6.58. The van der Waals surface area contributed by atoms with Crippen LogP contribution in [0.4, 0.5) is 11.4 Å². The molecule has 3 aromatic carbocycles. The quantitative estimate of drug-likeness (QED) is 0.602. The van der Waals surface area contributed by atoms with Crippen LogP contribution in [0, 0.1) is 0 Å². The Balaban J connectivity index is 1.67. The lowest BCUT2D eigenvalue weighted by molar-refractivity contribution is 0.00578. The molecular weight excluding hydrogens is 345 g/mol. The van der Waals surface area contributed by atoms with Crippen LogP contribution in [0.15, 0.2) is 60.7 Å². The van der Waals surface area contributed by atoms with Crippen LogP contribution in [0.1, 0.15) is 33.3 Å². The lowest BCUT2D eigenvalue weighted by atomic mass is 9.75. The highest BCUT2D eigenvalue weighted by atomic mass is 16.7. The maximum absolute atomic E-state index is 6.39. The highest BCUT2D eigenvalue weighted by Crippen LogP contribution is 2.41. The van der Waals surface area contributed by atoms with Gasteiger partial charge in [-0.25, -0.2) is 0 Å².